The second kappa shape index (κ2) is 9.28. The Bertz CT molecular complexity index is 913. The molecule has 4 N–H and O–H groups in total. The lowest BCUT2D eigenvalue weighted by Gasteiger charge is -2.56. The second-order valence-corrected chi connectivity index (χ2v) is 9.37. The summed E-state index contributed by atoms with van der Waals surface area (Å²) in [6.45, 7) is -0.366. The van der Waals surface area contributed by atoms with Crippen molar-refractivity contribution in [3.63, 3.8) is 0 Å². The summed E-state index contributed by atoms with van der Waals surface area (Å²) in [6.07, 6.45) is -2.69. The molecule has 8 nitrogen and oxygen atoms in total. The van der Waals surface area contributed by atoms with E-state index in [-0.39, 0.29) is 30.2 Å². The fourth-order valence-corrected chi connectivity index (χ4v) is 4.96. The number of hydroxylamine groups is 1. The van der Waals surface area contributed by atoms with E-state index in [2.05, 4.69) is 16.1 Å². The summed E-state index contributed by atoms with van der Waals surface area (Å²) in [6, 6.07) is 2.64. The van der Waals surface area contributed by atoms with E-state index in [1.165, 1.54) is 12.1 Å². The summed E-state index contributed by atoms with van der Waals surface area (Å²) in [5.74, 6) is -1.48. The van der Waals surface area contributed by atoms with Crippen molar-refractivity contribution in [2.45, 2.75) is 74.3 Å². The Hall–Kier alpha value is -2.08. The van der Waals surface area contributed by atoms with Crippen LogP contribution in [0.4, 0.5) is 13.2 Å². The van der Waals surface area contributed by atoms with Crippen LogP contribution in [0.25, 0.3) is 0 Å². The van der Waals surface area contributed by atoms with Gasteiger partial charge in [-0.3, -0.25) is 14.4 Å². The van der Waals surface area contributed by atoms with Gasteiger partial charge < -0.3 is 20.5 Å². The minimum atomic E-state index is -2.64. The van der Waals surface area contributed by atoms with E-state index >= 15 is 0 Å². The molecule has 1 saturated heterocycles. The Kier molecular flexibility index (Phi) is 6.77. The minimum absolute atomic E-state index is 0.0570. The number of carbonyl (C=O) groups excluding carboxylic acids is 2. The van der Waals surface area contributed by atoms with Gasteiger partial charge in [0.1, 0.15) is 11.6 Å². The Balaban J connectivity index is 1.30. The molecule has 1 aromatic carbocycles. The zero-order valence-corrected chi connectivity index (χ0v) is 18.3. The van der Waals surface area contributed by atoms with E-state index < -0.39 is 53.4 Å². The van der Waals surface area contributed by atoms with Crippen LogP contribution in [0.2, 0.25) is 5.02 Å². The number of aliphatic hydroxyl groups excluding tert-OH is 1. The van der Waals surface area contributed by atoms with Gasteiger partial charge in [-0.2, -0.15) is 5.48 Å². The molecular formula is C21H25ClF3N3O5. The summed E-state index contributed by atoms with van der Waals surface area (Å²) in [4.78, 5) is 30.0. The van der Waals surface area contributed by atoms with Gasteiger partial charge >= 0.3 is 0 Å². The molecule has 3 atom stereocenters. The third kappa shape index (κ3) is 5.06. The highest BCUT2D eigenvalue weighted by Gasteiger charge is 2.56. The van der Waals surface area contributed by atoms with Crippen LogP contribution in [0.3, 0.4) is 0 Å². The topological polar surface area (TPSA) is 109 Å². The van der Waals surface area contributed by atoms with Crippen molar-refractivity contribution in [3.05, 3.63) is 29.0 Å². The van der Waals surface area contributed by atoms with Gasteiger partial charge in [0, 0.05) is 18.0 Å². The van der Waals surface area contributed by atoms with Gasteiger partial charge in [0.2, 0.25) is 0 Å². The van der Waals surface area contributed by atoms with Crippen molar-refractivity contribution in [2.24, 2.45) is 0 Å². The van der Waals surface area contributed by atoms with Crippen molar-refractivity contribution < 1.29 is 37.4 Å². The first-order valence-electron chi connectivity index (χ1n) is 10.7. The molecule has 182 valence electrons. The molecule has 1 aromatic rings. The molecule has 2 amide bonds. The molecule has 33 heavy (non-hydrogen) atoms. The SMILES string of the molecule is O=C(COc1ccc(Cl)c(F)c1)NC12CCC(NC(=O)C3CC(C(F)F)NO3)(CC1)C[C@@H]2O. The van der Waals surface area contributed by atoms with E-state index in [0.29, 0.717) is 25.7 Å². The lowest BCUT2D eigenvalue weighted by molar-refractivity contribution is -0.142. The van der Waals surface area contributed by atoms with E-state index in [0.717, 1.165) is 6.07 Å². The molecule has 12 heteroatoms. The predicted molar refractivity (Wildman–Crippen MR) is 110 cm³/mol. The lowest BCUT2D eigenvalue weighted by atomic mass is 9.60. The number of nitrogens with one attached hydrogen (secondary N) is 3. The molecule has 3 aliphatic carbocycles. The highest BCUT2D eigenvalue weighted by Crippen LogP contribution is 2.47. The highest BCUT2D eigenvalue weighted by atomic mass is 35.5. The third-order valence-corrected chi connectivity index (χ3v) is 7.09. The van der Waals surface area contributed by atoms with Crippen molar-refractivity contribution >= 4 is 23.4 Å². The van der Waals surface area contributed by atoms with Gasteiger partial charge in [-0.1, -0.05) is 11.6 Å². The first-order valence-corrected chi connectivity index (χ1v) is 11.1. The van der Waals surface area contributed by atoms with Gasteiger partial charge in [-0.15, -0.1) is 0 Å². The van der Waals surface area contributed by atoms with Gasteiger partial charge in [-0.25, -0.2) is 13.2 Å². The van der Waals surface area contributed by atoms with Gasteiger partial charge in [0.25, 0.3) is 18.2 Å². The lowest BCUT2D eigenvalue weighted by Crippen LogP contribution is -2.70. The fraction of sp³-hybridized carbons (Fsp3) is 0.619. The number of carbonyl (C=O) groups is 2. The molecule has 4 aliphatic rings. The molecule has 0 aromatic heterocycles. The standard InChI is InChI=1S/C21H25ClF3N3O5/c22-12-2-1-11(7-13(12)23)32-10-17(30)26-21-5-3-20(4-6-21,9-16(21)29)27-19(31)15-8-14(18(24)25)28-33-15/h1-2,7,14-16,18,28-29H,3-6,8-10H2,(H,26,30)(H,27,31)/t14?,15?,16-,20?,21?/m0/s1. The number of amides is 2. The van der Waals surface area contributed by atoms with Gasteiger partial charge in [0.05, 0.1) is 22.7 Å². The van der Waals surface area contributed by atoms with Crippen molar-refractivity contribution in [3.8, 4) is 5.75 Å². The quantitative estimate of drug-likeness (QED) is 0.463. The summed E-state index contributed by atoms with van der Waals surface area (Å²) in [5, 5.41) is 16.5. The number of fused-ring (bicyclic) bond motifs is 3. The monoisotopic (exact) mass is 491 g/mol. The molecule has 5 rings (SSSR count). The van der Waals surface area contributed by atoms with Crippen LogP contribution in [0.15, 0.2) is 18.2 Å². The van der Waals surface area contributed by atoms with E-state index in [1.807, 2.05) is 0 Å². The molecule has 3 saturated carbocycles. The first kappa shape index (κ1) is 24.1. The molecule has 1 aliphatic heterocycles. The van der Waals surface area contributed by atoms with E-state index in [1.54, 1.807) is 0 Å². The molecule has 0 spiro atoms. The molecule has 4 fully saturated rings. The van der Waals surface area contributed by atoms with Crippen LogP contribution < -0.4 is 20.9 Å². The van der Waals surface area contributed by atoms with Crippen molar-refractivity contribution in [2.75, 3.05) is 6.61 Å². The van der Waals surface area contributed by atoms with Crippen molar-refractivity contribution in [1.29, 1.82) is 0 Å². The Labute approximate surface area is 193 Å². The number of halogens is 4. The maximum Gasteiger partial charge on any atom is 0.258 e. The number of aliphatic hydroxyl groups is 1. The molecule has 2 bridgehead atoms. The smallest absolute Gasteiger partial charge is 0.258 e. The number of ether oxygens (including phenoxy) is 1. The molecule has 1 heterocycles. The zero-order valence-electron chi connectivity index (χ0n) is 17.6. The summed E-state index contributed by atoms with van der Waals surface area (Å²) in [5.41, 5.74) is 0.639. The van der Waals surface area contributed by atoms with Gasteiger partial charge in [-0.05, 0) is 44.2 Å². The number of alkyl halides is 2. The normalized spacial score (nSPS) is 33.2. The minimum Gasteiger partial charge on any atom is -0.484 e. The zero-order chi connectivity index (χ0) is 23.8. The Morgan fingerprint density at radius 3 is 2.61 bits per heavy atom. The number of rotatable bonds is 7. The maximum absolute atomic E-state index is 13.5. The highest BCUT2D eigenvalue weighted by molar-refractivity contribution is 6.30. The third-order valence-electron chi connectivity index (χ3n) is 6.79. The second-order valence-electron chi connectivity index (χ2n) is 8.96. The van der Waals surface area contributed by atoms with Crippen LogP contribution in [0, 0.1) is 5.82 Å². The molecule has 2 unspecified atom stereocenters. The maximum atomic E-state index is 13.5. The Morgan fingerprint density at radius 1 is 1.27 bits per heavy atom. The van der Waals surface area contributed by atoms with E-state index in [4.69, 9.17) is 21.2 Å². The summed E-state index contributed by atoms with van der Waals surface area (Å²) >= 11 is 5.62. The van der Waals surface area contributed by atoms with Gasteiger partial charge in [0.15, 0.2) is 12.7 Å². The van der Waals surface area contributed by atoms with E-state index in [9.17, 15) is 27.9 Å². The van der Waals surface area contributed by atoms with Crippen LogP contribution in [-0.4, -0.2) is 59.3 Å². The average molecular weight is 492 g/mol. The fourth-order valence-electron chi connectivity index (χ4n) is 4.84. The number of hydrogen-bond acceptors (Lipinski definition) is 6. The summed E-state index contributed by atoms with van der Waals surface area (Å²) in [7, 11) is 0. The molecule has 0 radical (unpaired) electrons. The first-order chi connectivity index (χ1) is 15.6. The number of benzene rings is 1. The molecular weight excluding hydrogens is 467 g/mol. The predicted octanol–water partition coefficient (Wildman–Crippen LogP) is 1.83. The number of hydrogen-bond donors (Lipinski definition) is 4. The Morgan fingerprint density at radius 2 is 2.00 bits per heavy atom. The summed E-state index contributed by atoms with van der Waals surface area (Å²) < 4.78 is 44.4. The van der Waals surface area contributed by atoms with Crippen molar-refractivity contribution in [1.82, 2.24) is 16.1 Å². The average Bonchev–Trinajstić information content (AvgIpc) is 3.27. The van der Waals surface area contributed by atoms with Crippen LogP contribution in [0.1, 0.15) is 38.5 Å². The van der Waals surface area contributed by atoms with Crippen LogP contribution in [-0.2, 0) is 14.4 Å². The van der Waals surface area contributed by atoms with Crippen LogP contribution in [0.5, 0.6) is 5.75 Å². The van der Waals surface area contributed by atoms with Crippen LogP contribution >= 0.6 is 11.6 Å². The largest absolute Gasteiger partial charge is 0.484 e.